The lowest BCUT2D eigenvalue weighted by atomic mass is 9.84. The largest absolute Gasteiger partial charge is 0.493 e. The zero-order chi connectivity index (χ0) is 20.0. The number of aryl methyl sites for hydroxylation is 2. The van der Waals surface area contributed by atoms with E-state index in [0.717, 1.165) is 28.5 Å². The summed E-state index contributed by atoms with van der Waals surface area (Å²) in [5, 5.41) is 6.59. The number of methoxy groups -OCH3 is 2. The molecule has 2 aromatic rings. The molecule has 0 radical (unpaired) electrons. The average Bonchev–Trinajstić information content (AvgIpc) is 2.98. The number of hydrogen-bond acceptors (Lipinski definition) is 5. The van der Waals surface area contributed by atoms with E-state index in [1.807, 2.05) is 26.0 Å². The minimum atomic E-state index is -0.146. The van der Waals surface area contributed by atoms with Crippen molar-refractivity contribution in [1.29, 1.82) is 0 Å². The first-order valence-electron chi connectivity index (χ1n) is 8.90. The van der Waals surface area contributed by atoms with Crippen LogP contribution in [-0.4, -0.2) is 38.8 Å². The molecule has 0 bridgehead atoms. The van der Waals surface area contributed by atoms with Crippen molar-refractivity contribution in [2.75, 3.05) is 27.8 Å². The molecule has 0 amide bonds. The number of oxazole rings is 1. The Labute approximate surface area is 161 Å². The first-order chi connectivity index (χ1) is 12.8. The Morgan fingerprint density at radius 1 is 1.15 bits per heavy atom. The van der Waals surface area contributed by atoms with Crippen LogP contribution in [0.3, 0.4) is 0 Å². The van der Waals surface area contributed by atoms with Crippen LogP contribution in [0.1, 0.15) is 36.8 Å². The van der Waals surface area contributed by atoms with Gasteiger partial charge >= 0.3 is 0 Å². The van der Waals surface area contributed by atoms with E-state index < -0.39 is 0 Å². The van der Waals surface area contributed by atoms with Gasteiger partial charge in [-0.25, -0.2) is 4.98 Å². The molecule has 7 heteroatoms. The Bertz CT molecular complexity index is 777. The number of nitrogens with zero attached hydrogens (tertiary/aromatic N) is 2. The summed E-state index contributed by atoms with van der Waals surface area (Å²) in [6.45, 7) is 9.33. The van der Waals surface area contributed by atoms with E-state index >= 15 is 0 Å². The molecule has 27 heavy (non-hydrogen) atoms. The zero-order valence-corrected chi connectivity index (χ0v) is 17.3. The highest BCUT2D eigenvalue weighted by Gasteiger charge is 2.23. The van der Waals surface area contributed by atoms with Gasteiger partial charge in [-0.2, -0.15) is 0 Å². The van der Waals surface area contributed by atoms with Crippen molar-refractivity contribution in [2.24, 2.45) is 4.99 Å². The first kappa shape index (κ1) is 20.6. The van der Waals surface area contributed by atoms with Gasteiger partial charge in [0, 0.05) is 19.0 Å². The second-order valence-electron chi connectivity index (χ2n) is 6.98. The summed E-state index contributed by atoms with van der Waals surface area (Å²) in [6.07, 6.45) is 0. The van der Waals surface area contributed by atoms with Crippen LogP contribution in [-0.2, 0) is 12.0 Å². The van der Waals surface area contributed by atoms with Gasteiger partial charge in [-0.3, -0.25) is 4.99 Å². The van der Waals surface area contributed by atoms with Gasteiger partial charge in [0.25, 0.3) is 0 Å². The maximum atomic E-state index is 5.59. The standard InChI is InChI=1S/C20H30N4O3/c1-13-14(2)27-18(24-13)11-22-19(21-5)23-12-20(3,4)15-8-9-16(25-6)17(10-15)26-7/h8-10H,11-12H2,1-7H3,(H2,21,22,23). The van der Waals surface area contributed by atoms with Crippen molar-refractivity contribution in [2.45, 2.75) is 39.7 Å². The number of aromatic nitrogens is 1. The lowest BCUT2D eigenvalue weighted by Gasteiger charge is -2.27. The van der Waals surface area contributed by atoms with E-state index in [1.54, 1.807) is 21.3 Å². The predicted molar refractivity (Wildman–Crippen MR) is 107 cm³/mol. The van der Waals surface area contributed by atoms with Crippen molar-refractivity contribution in [1.82, 2.24) is 15.6 Å². The van der Waals surface area contributed by atoms with Gasteiger partial charge in [-0.15, -0.1) is 0 Å². The molecular weight excluding hydrogens is 344 g/mol. The summed E-state index contributed by atoms with van der Waals surface area (Å²) < 4.78 is 16.3. The highest BCUT2D eigenvalue weighted by molar-refractivity contribution is 5.79. The van der Waals surface area contributed by atoms with Crippen LogP contribution in [0, 0.1) is 13.8 Å². The van der Waals surface area contributed by atoms with E-state index in [4.69, 9.17) is 13.9 Å². The van der Waals surface area contributed by atoms with Crippen LogP contribution in [0.2, 0.25) is 0 Å². The molecule has 0 aliphatic carbocycles. The van der Waals surface area contributed by atoms with Crippen LogP contribution in [0.4, 0.5) is 0 Å². The van der Waals surface area contributed by atoms with Crippen molar-refractivity contribution in [3.63, 3.8) is 0 Å². The Morgan fingerprint density at radius 3 is 2.41 bits per heavy atom. The number of nitrogens with one attached hydrogen (secondary N) is 2. The minimum Gasteiger partial charge on any atom is -0.493 e. The molecule has 0 unspecified atom stereocenters. The Balaban J connectivity index is 1.99. The third-order valence-electron chi connectivity index (χ3n) is 4.57. The van der Waals surface area contributed by atoms with Gasteiger partial charge in [0.1, 0.15) is 5.76 Å². The molecule has 1 aromatic heterocycles. The topological polar surface area (TPSA) is 80.9 Å². The van der Waals surface area contributed by atoms with Crippen LogP contribution in [0.5, 0.6) is 11.5 Å². The molecule has 0 saturated carbocycles. The van der Waals surface area contributed by atoms with Crippen LogP contribution >= 0.6 is 0 Å². The molecule has 0 aliphatic rings. The molecule has 0 aliphatic heterocycles. The summed E-state index contributed by atoms with van der Waals surface area (Å²) in [6, 6.07) is 5.99. The molecule has 7 nitrogen and oxygen atoms in total. The molecule has 2 rings (SSSR count). The van der Waals surface area contributed by atoms with Gasteiger partial charge in [-0.05, 0) is 31.5 Å². The SMILES string of the molecule is CN=C(NCc1nc(C)c(C)o1)NCC(C)(C)c1ccc(OC)c(OC)c1. The Kier molecular flexibility index (Phi) is 6.71. The second kappa shape index (κ2) is 8.79. The molecule has 0 fully saturated rings. The maximum Gasteiger partial charge on any atom is 0.214 e. The predicted octanol–water partition coefficient (Wildman–Crippen LogP) is 2.95. The highest BCUT2D eigenvalue weighted by atomic mass is 16.5. The summed E-state index contributed by atoms with van der Waals surface area (Å²) >= 11 is 0. The normalized spacial score (nSPS) is 12.0. The molecule has 0 saturated heterocycles. The maximum absolute atomic E-state index is 5.59. The van der Waals surface area contributed by atoms with E-state index in [2.05, 4.69) is 40.5 Å². The number of aliphatic imine (C=N–C) groups is 1. The molecule has 1 aromatic carbocycles. The fraction of sp³-hybridized carbons (Fsp3) is 0.500. The molecule has 2 N–H and O–H groups in total. The number of benzene rings is 1. The van der Waals surface area contributed by atoms with E-state index in [9.17, 15) is 0 Å². The minimum absolute atomic E-state index is 0.146. The molecular formula is C20H30N4O3. The third kappa shape index (κ3) is 5.15. The van der Waals surface area contributed by atoms with E-state index in [1.165, 1.54) is 0 Å². The van der Waals surface area contributed by atoms with Gasteiger partial charge in [0.2, 0.25) is 5.89 Å². The number of guanidine groups is 1. The molecule has 1 heterocycles. The summed E-state index contributed by atoms with van der Waals surface area (Å²) in [4.78, 5) is 8.64. The summed E-state index contributed by atoms with van der Waals surface area (Å²) in [5.74, 6) is 3.62. The van der Waals surface area contributed by atoms with Crippen LogP contribution in [0.25, 0.3) is 0 Å². The summed E-state index contributed by atoms with van der Waals surface area (Å²) in [5.41, 5.74) is 1.90. The smallest absolute Gasteiger partial charge is 0.214 e. The fourth-order valence-corrected chi connectivity index (χ4v) is 2.66. The number of rotatable bonds is 7. The first-order valence-corrected chi connectivity index (χ1v) is 8.90. The van der Waals surface area contributed by atoms with Gasteiger partial charge in [0.05, 0.1) is 26.5 Å². The number of hydrogen-bond donors (Lipinski definition) is 2. The van der Waals surface area contributed by atoms with Crippen LogP contribution < -0.4 is 20.1 Å². The van der Waals surface area contributed by atoms with Crippen molar-refractivity contribution in [3.05, 3.63) is 41.1 Å². The monoisotopic (exact) mass is 374 g/mol. The Morgan fingerprint density at radius 2 is 1.85 bits per heavy atom. The second-order valence-corrected chi connectivity index (χ2v) is 6.98. The van der Waals surface area contributed by atoms with Crippen molar-refractivity contribution in [3.8, 4) is 11.5 Å². The van der Waals surface area contributed by atoms with Gasteiger partial charge in [-0.1, -0.05) is 19.9 Å². The fourth-order valence-electron chi connectivity index (χ4n) is 2.66. The Hall–Kier alpha value is -2.70. The van der Waals surface area contributed by atoms with Crippen molar-refractivity contribution >= 4 is 5.96 Å². The van der Waals surface area contributed by atoms with Crippen molar-refractivity contribution < 1.29 is 13.9 Å². The zero-order valence-electron chi connectivity index (χ0n) is 17.3. The molecule has 0 spiro atoms. The van der Waals surface area contributed by atoms with Crippen LogP contribution in [0.15, 0.2) is 27.6 Å². The van der Waals surface area contributed by atoms with E-state index in [-0.39, 0.29) is 5.41 Å². The van der Waals surface area contributed by atoms with Gasteiger partial charge < -0.3 is 24.5 Å². The van der Waals surface area contributed by atoms with E-state index in [0.29, 0.717) is 24.9 Å². The van der Waals surface area contributed by atoms with Gasteiger partial charge in [0.15, 0.2) is 17.5 Å². The third-order valence-corrected chi connectivity index (χ3v) is 4.57. The lowest BCUT2D eigenvalue weighted by Crippen LogP contribution is -2.43. The molecule has 148 valence electrons. The quantitative estimate of drug-likeness (QED) is 0.573. The number of ether oxygens (including phenoxy) is 2. The lowest BCUT2D eigenvalue weighted by molar-refractivity contribution is 0.353. The summed E-state index contributed by atoms with van der Waals surface area (Å²) in [7, 11) is 5.02. The highest BCUT2D eigenvalue weighted by Crippen LogP contribution is 2.32. The average molecular weight is 374 g/mol. The molecule has 0 atom stereocenters.